The van der Waals surface area contributed by atoms with Crippen molar-refractivity contribution in [1.82, 2.24) is 0 Å². The second-order valence-corrected chi connectivity index (χ2v) is 4.25. The van der Waals surface area contributed by atoms with Gasteiger partial charge in [0.05, 0.1) is 10.6 Å². The van der Waals surface area contributed by atoms with Gasteiger partial charge in [-0.2, -0.15) is 5.26 Å². The Labute approximate surface area is 114 Å². The molecule has 0 fully saturated rings. The first-order valence-electron chi connectivity index (χ1n) is 5.29. The van der Waals surface area contributed by atoms with Crippen LogP contribution in [0.25, 0.3) is 11.1 Å². The molecule has 19 heavy (non-hydrogen) atoms. The van der Waals surface area contributed by atoms with Crippen LogP contribution in [0, 0.1) is 11.3 Å². The van der Waals surface area contributed by atoms with Gasteiger partial charge in [-0.15, -0.1) is 0 Å². The average Bonchev–Trinajstić information content (AvgIpc) is 2.38. The van der Waals surface area contributed by atoms with E-state index in [0.29, 0.717) is 21.7 Å². The topological polar surface area (TPSA) is 81.3 Å². The summed E-state index contributed by atoms with van der Waals surface area (Å²) in [6.07, 6.45) is 0. The number of carboxylic acids is 1. The van der Waals surface area contributed by atoms with Crippen LogP contribution in [0.1, 0.15) is 15.9 Å². The van der Waals surface area contributed by atoms with Gasteiger partial charge in [0.25, 0.3) is 0 Å². The van der Waals surface area contributed by atoms with Crippen molar-refractivity contribution in [2.24, 2.45) is 0 Å². The number of rotatable bonds is 2. The predicted molar refractivity (Wildman–Crippen MR) is 70.2 cm³/mol. The van der Waals surface area contributed by atoms with Crippen LogP contribution >= 0.6 is 11.6 Å². The molecule has 0 aliphatic carbocycles. The van der Waals surface area contributed by atoms with Crippen LogP contribution in [0.3, 0.4) is 0 Å². The third-order valence-corrected chi connectivity index (χ3v) is 2.98. The zero-order valence-corrected chi connectivity index (χ0v) is 10.3. The molecule has 0 unspecified atom stereocenters. The molecule has 0 spiro atoms. The Morgan fingerprint density at radius 2 is 1.79 bits per heavy atom. The number of benzene rings is 2. The summed E-state index contributed by atoms with van der Waals surface area (Å²) in [5, 5.41) is 27.7. The molecular formula is C14H8ClNO3. The molecule has 2 rings (SSSR count). The number of aromatic hydroxyl groups is 1. The number of nitrogens with zero attached hydrogens (tertiary/aromatic N) is 1. The average molecular weight is 274 g/mol. The van der Waals surface area contributed by atoms with Crippen molar-refractivity contribution in [3.05, 3.63) is 52.5 Å². The van der Waals surface area contributed by atoms with E-state index in [9.17, 15) is 9.90 Å². The van der Waals surface area contributed by atoms with E-state index in [4.69, 9.17) is 22.0 Å². The van der Waals surface area contributed by atoms with E-state index in [1.54, 1.807) is 24.3 Å². The quantitative estimate of drug-likeness (QED) is 0.880. The second kappa shape index (κ2) is 5.01. The lowest BCUT2D eigenvalue weighted by molar-refractivity contribution is 0.0694. The predicted octanol–water partition coefficient (Wildman–Crippen LogP) is 3.28. The van der Waals surface area contributed by atoms with Crippen LogP contribution in [-0.2, 0) is 0 Å². The SMILES string of the molecule is N#Cc1cc(-c2ccc(C(=O)O)c(O)c2)ccc1Cl. The maximum absolute atomic E-state index is 10.8. The number of carbonyl (C=O) groups is 1. The molecule has 0 saturated heterocycles. The molecule has 0 bridgehead atoms. The number of phenols is 1. The third kappa shape index (κ3) is 2.51. The molecule has 0 aromatic heterocycles. The van der Waals surface area contributed by atoms with Crippen molar-refractivity contribution >= 4 is 17.6 Å². The Morgan fingerprint density at radius 3 is 2.37 bits per heavy atom. The van der Waals surface area contributed by atoms with Crippen LogP contribution in [0.5, 0.6) is 5.75 Å². The molecule has 94 valence electrons. The highest BCUT2D eigenvalue weighted by atomic mass is 35.5. The summed E-state index contributed by atoms with van der Waals surface area (Å²) < 4.78 is 0. The van der Waals surface area contributed by atoms with E-state index in [1.807, 2.05) is 6.07 Å². The first kappa shape index (κ1) is 12.9. The molecule has 4 nitrogen and oxygen atoms in total. The first-order valence-corrected chi connectivity index (χ1v) is 5.67. The van der Waals surface area contributed by atoms with Crippen LogP contribution in [0.4, 0.5) is 0 Å². The zero-order valence-electron chi connectivity index (χ0n) is 9.59. The first-order chi connectivity index (χ1) is 9.02. The van der Waals surface area contributed by atoms with Crippen LogP contribution in [-0.4, -0.2) is 16.2 Å². The number of nitriles is 1. The minimum absolute atomic E-state index is 0.168. The van der Waals surface area contributed by atoms with E-state index in [1.165, 1.54) is 12.1 Å². The van der Waals surface area contributed by atoms with Crippen LogP contribution < -0.4 is 0 Å². The van der Waals surface area contributed by atoms with Gasteiger partial charge in [0.1, 0.15) is 17.4 Å². The van der Waals surface area contributed by atoms with Gasteiger partial charge < -0.3 is 10.2 Å². The molecule has 0 atom stereocenters. The lowest BCUT2D eigenvalue weighted by Gasteiger charge is -2.06. The molecule has 2 aromatic carbocycles. The van der Waals surface area contributed by atoms with Gasteiger partial charge in [-0.25, -0.2) is 4.79 Å². The Balaban J connectivity index is 2.51. The minimum atomic E-state index is -1.20. The highest BCUT2D eigenvalue weighted by Gasteiger charge is 2.11. The zero-order chi connectivity index (χ0) is 14.0. The summed E-state index contributed by atoms with van der Waals surface area (Å²) in [5.74, 6) is -1.52. The highest BCUT2D eigenvalue weighted by molar-refractivity contribution is 6.31. The smallest absolute Gasteiger partial charge is 0.339 e. The molecule has 5 heteroatoms. The lowest BCUT2D eigenvalue weighted by atomic mass is 10.0. The molecule has 0 saturated carbocycles. The van der Waals surface area contributed by atoms with E-state index in [-0.39, 0.29) is 11.3 Å². The summed E-state index contributed by atoms with van der Waals surface area (Å²) in [6.45, 7) is 0. The van der Waals surface area contributed by atoms with Crippen molar-refractivity contribution in [3.8, 4) is 22.9 Å². The number of carboxylic acid groups (broad SMARTS) is 1. The number of hydrogen-bond donors (Lipinski definition) is 2. The molecule has 2 N–H and O–H groups in total. The normalized spacial score (nSPS) is 9.89. The Bertz CT molecular complexity index is 704. The van der Waals surface area contributed by atoms with Crippen LogP contribution in [0.2, 0.25) is 5.02 Å². The van der Waals surface area contributed by atoms with Gasteiger partial charge in [0, 0.05) is 0 Å². The van der Waals surface area contributed by atoms with Gasteiger partial charge in [-0.1, -0.05) is 23.7 Å². The number of hydrogen-bond acceptors (Lipinski definition) is 3. The Morgan fingerprint density at radius 1 is 1.16 bits per heavy atom. The monoisotopic (exact) mass is 273 g/mol. The lowest BCUT2D eigenvalue weighted by Crippen LogP contribution is -1.96. The Kier molecular flexibility index (Phi) is 3.41. The molecule has 0 radical (unpaired) electrons. The van der Waals surface area contributed by atoms with Gasteiger partial charge in [0.2, 0.25) is 0 Å². The fraction of sp³-hybridized carbons (Fsp3) is 0. The molecular weight excluding hydrogens is 266 g/mol. The maximum Gasteiger partial charge on any atom is 0.339 e. The van der Waals surface area contributed by atoms with Crippen molar-refractivity contribution < 1.29 is 15.0 Å². The van der Waals surface area contributed by atoms with Crippen molar-refractivity contribution in [3.63, 3.8) is 0 Å². The summed E-state index contributed by atoms with van der Waals surface area (Å²) in [6, 6.07) is 11.0. The van der Waals surface area contributed by atoms with Gasteiger partial charge in [0.15, 0.2) is 0 Å². The molecule has 0 heterocycles. The molecule has 0 aliphatic rings. The van der Waals surface area contributed by atoms with E-state index >= 15 is 0 Å². The van der Waals surface area contributed by atoms with Crippen LogP contribution in [0.15, 0.2) is 36.4 Å². The number of halogens is 1. The standard InChI is InChI=1S/C14H8ClNO3/c15-12-4-2-8(5-10(12)7-16)9-1-3-11(14(18)19)13(17)6-9/h1-6,17H,(H,18,19). The van der Waals surface area contributed by atoms with E-state index in [2.05, 4.69) is 0 Å². The maximum atomic E-state index is 10.8. The number of aromatic carboxylic acids is 1. The summed E-state index contributed by atoms with van der Waals surface area (Å²) in [5.41, 5.74) is 1.43. The van der Waals surface area contributed by atoms with E-state index in [0.717, 1.165) is 0 Å². The third-order valence-electron chi connectivity index (χ3n) is 2.65. The second-order valence-electron chi connectivity index (χ2n) is 3.84. The summed E-state index contributed by atoms with van der Waals surface area (Å²) in [4.78, 5) is 10.8. The van der Waals surface area contributed by atoms with Crippen molar-refractivity contribution in [1.29, 1.82) is 5.26 Å². The molecule has 2 aromatic rings. The highest BCUT2D eigenvalue weighted by Crippen LogP contribution is 2.29. The summed E-state index contributed by atoms with van der Waals surface area (Å²) in [7, 11) is 0. The van der Waals surface area contributed by atoms with Gasteiger partial charge in [-0.3, -0.25) is 0 Å². The fourth-order valence-electron chi connectivity index (χ4n) is 1.68. The van der Waals surface area contributed by atoms with Gasteiger partial charge in [-0.05, 0) is 35.4 Å². The van der Waals surface area contributed by atoms with E-state index < -0.39 is 5.97 Å². The Hall–Kier alpha value is -2.51. The molecule has 0 amide bonds. The van der Waals surface area contributed by atoms with Crippen molar-refractivity contribution in [2.45, 2.75) is 0 Å². The van der Waals surface area contributed by atoms with Crippen molar-refractivity contribution in [2.75, 3.05) is 0 Å². The summed E-state index contributed by atoms with van der Waals surface area (Å²) >= 11 is 5.83. The minimum Gasteiger partial charge on any atom is -0.507 e. The van der Waals surface area contributed by atoms with Gasteiger partial charge >= 0.3 is 5.97 Å². The molecule has 0 aliphatic heterocycles. The fourth-order valence-corrected chi connectivity index (χ4v) is 1.84. The largest absolute Gasteiger partial charge is 0.507 e.